The van der Waals surface area contributed by atoms with Gasteiger partial charge in [0.15, 0.2) is 0 Å². The van der Waals surface area contributed by atoms with Crippen LogP contribution in [0.3, 0.4) is 0 Å². The molecule has 3 aliphatic carbocycles. The van der Waals surface area contributed by atoms with E-state index in [1.165, 1.54) is 0 Å². The topological polar surface area (TPSA) is 83.9 Å². The van der Waals surface area contributed by atoms with Crippen molar-refractivity contribution < 1.29 is 27.4 Å². The average Bonchev–Trinajstić information content (AvgIpc) is 2.75. The van der Waals surface area contributed by atoms with Crippen molar-refractivity contribution in [1.82, 2.24) is 4.31 Å². The van der Waals surface area contributed by atoms with Crippen molar-refractivity contribution in [3.8, 4) is 0 Å². The smallest absolute Gasteiger partial charge is 0.306 e. The van der Waals surface area contributed by atoms with Crippen LogP contribution in [-0.2, 0) is 19.6 Å². The normalized spacial score (nSPS) is 36.0. The first-order valence-corrected chi connectivity index (χ1v) is 13.2. The van der Waals surface area contributed by atoms with Gasteiger partial charge in [-0.25, -0.2) is 17.1 Å². The van der Waals surface area contributed by atoms with Gasteiger partial charge in [-0.2, -0.15) is 0 Å². The summed E-state index contributed by atoms with van der Waals surface area (Å²) < 4.78 is 47.8. The number of ether oxygens (including phenoxy) is 1. The van der Waals surface area contributed by atoms with Crippen molar-refractivity contribution in [2.24, 2.45) is 17.8 Å². The molecule has 0 bridgehead atoms. The minimum absolute atomic E-state index is 0.149. The lowest BCUT2D eigenvalue weighted by atomic mass is 9.82. The van der Waals surface area contributed by atoms with Gasteiger partial charge in [0.05, 0.1) is 17.3 Å². The van der Waals surface area contributed by atoms with Crippen LogP contribution in [0, 0.1) is 17.8 Å². The fourth-order valence-electron chi connectivity index (χ4n) is 5.53. The molecule has 0 amide bonds. The number of sulfonamides is 1. The van der Waals surface area contributed by atoms with Crippen molar-refractivity contribution in [3.05, 3.63) is 0 Å². The van der Waals surface area contributed by atoms with Crippen LogP contribution in [0.15, 0.2) is 0 Å². The van der Waals surface area contributed by atoms with E-state index < -0.39 is 22.2 Å². The number of alkyl halides is 1. The van der Waals surface area contributed by atoms with Crippen molar-refractivity contribution >= 4 is 16.0 Å². The Morgan fingerprint density at radius 3 is 1.87 bits per heavy atom. The van der Waals surface area contributed by atoms with Crippen LogP contribution in [-0.4, -0.2) is 61.5 Å². The van der Waals surface area contributed by atoms with Gasteiger partial charge >= 0.3 is 5.97 Å². The Hall–Kier alpha value is -0.730. The van der Waals surface area contributed by atoms with Gasteiger partial charge in [0.1, 0.15) is 6.17 Å². The molecule has 1 N–H and O–H groups in total. The summed E-state index contributed by atoms with van der Waals surface area (Å²) in [4.78, 5) is 11.2. The van der Waals surface area contributed by atoms with Crippen molar-refractivity contribution in [1.29, 1.82) is 0 Å². The highest BCUT2D eigenvalue weighted by atomic mass is 32.2. The van der Waals surface area contributed by atoms with E-state index in [1.54, 1.807) is 11.4 Å². The molecule has 0 aliphatic heterocycles. The number of hydrogen-bond acceptors (Lipinski definition) is 4. The van der Waals surface area contributed by atoms with Crippen molar-refractivity contribution in [2.75, 3.05) is 20.2 Å². The highest BCUT2D eigenvalue weighted by molar-refractivity contribution is 7.89. The zero-order valence-electron chi connectivity index (χ0n) is 18.2. The number of nitrogens with zero attached hydrogens (tertiary/aromatic N) is 1. The van der Waals surface area contributed by atoms with Gasteiger partial charge in [-0.1, -0.05) is 0 Å². The molecule has 174 valence electrons. The van der Waals surface area contributed by atoms with E-state index in [-0.39, 0.29) is 29.1 Å². The molecule has 6 nitrogen and oxygen atoms in total. The van der Waals surface area contributed by atoms with Gasteiger partial charge < -0.3 is 9.84 Å². The average molecular weight is 448 g/mol. The van der Waals surface area contributed by atoms with Gasteiger partial charge in [-0.05, 0) is 88.9 Å². The summed E-state index contributed by atoms with van der Waals surface area (Å²) in [7, 11) is -1.75. The molecule has 3 aliphatic rings. The maximum atomic E-state index is 13.6. The maximum Gasteiger partial charge on any atom is 0.306 e. The van der Waals surface area contributed by atoms with Crippen LogP contribution >= 0.6 is 0 Å². The number of halogens is 1. The van der Waals surface area contributed by atoms with Crippen molar-refractivity contribution in [3.63, 3.8) is 0 Å². The predicted molar refractivity (Wildman–Crippen MR) is 113 cm³/mol. The second kappa shape index (κ2) is 10.7. The number of carboxylic acid groups (broad SMARTS) is 1. The Labute approximate surface area is 180 Å². The maximum absolute atomic E-state index is 13.6. The van der Waals surface area contributed by atoms with Gasteiger partial charge in [-0.3, -0.25) is 4.79 Å². The zero-order chi connectivity index (χ0) is 21.7. The number of rotatable bonds is 8. The van der Waals surface area contributed by atoms with E-state index in [0.29, 0.717) is 51.6 Å². The predicted octanol–water partition coefficient (Wildman–Crippen LogP) is 4.00. The molecule has 3 fully saturated rings. The highest BCUT2D eigenvalue weighted by Crippen LogP contribution is 2.35. The van der Waals surface area contributed by atoms with E-state index in [0.717, 1.165) is 38.5 Å². The SMILES string of the molecule is COC1CCC(S(=O)(=O)N(CC2CCC(F)CC2)CC2CCC(C(=O)O)CC2)CC1. The standard InChI is InChI=1S/C22H38FNO5S/c1-29-20-10-12-21(13-11-20)30(27,28)24(15-17-4-8-19(23)9-5-17)14-16-2-6-18(7-3-16)22(25)26/h16-21H,2-15H2,1H3,(H,25,26). The fourth-order valence-corrected chi connectivity index (χ4v) is 7.66. The van der Waals surface area contributed by atoms with Gasteiger partial charge in [0, 0.05) is 20.2 Å². The number of carbonyl (C=O) groups is 1. The molecule has 30 heavy (non-hydrogen) atoms. The van der Waals surface area contributed by atoms with Crippen molar-refractivity contribution in [2.45, 2.75) is 94.6 Å². The van der Waals surface area contributed by atoms with Gasteiger partial charge in [0.25, 0.3) is 0 Å². The number of hydrogen-bond donors (Lipinski definition) is 1. The molecule has 0 radical (unpaired) electrons. The monoisotopic (exact) mass is 447 g/mol. The van der Waals surface area contributed by atoms with Crippen LogP contribution in [0.25, 0.3) is 0 Å². The molecule has 0 saturated heterocycles. The summed E-state index contributed by atoms with van der Waals surface area (Å²) in [5.74, 6) is -0.605. The lowest BCUT2D eigenvalue weighted by molar-refractivity contribution is -0.143. The quantitative estimate of drug-likeness (QED) is 0.608. The molecule has 0 atom stereocenters. The molecule has 0 aromatic heterocycles. The van der Waals surface area contributed by atoms with E-state index >= 15 is 0 Å². The van der Waals surface area contributed by atoms with Crippen LogP contribution in [0.2, 0.25) is 0 Å². The second-order valence-electron chi connectivity index (χ2n) is 9.67. The molecule has 0 unspecified atom stereocenters. The van der Waals surface area contributed by atoms with Crippen LogP contribution < -0.4 is 0 Å². The minimum Gasteiger partial charge on any atom is -0.481 e. The molecule has 3 saturated carbocycles. The number of methoxy groups -OCH3 is 1. The summed E-state index contributed by atoms with van der Waals surface area (Å²) in [5, 5.41) is 8.87. The Bertz CT molecular complexity index is 648. The van der Waals surface area contributed by atoms with Crippen LogP contribution in [0.5, 0.6) is 0 Å². The third-order valence-electron chi connectivity index (χ3n) is 7.63. The van der Waals surface area contributed by atoms with Crippen LogP contribution in [0.1, 0.15) is 77.0 Å². The molecular weight excluding hydrogens is 409 g/mol. The Kier molecular flexibility index (Phi) is 8.55. The summed E-state index contributed by atoms with van der Waals surface area (Å²) in [6, 6.07) is 0. The third-order valence-corrected chi connectivity index (χ3v) is 9.96. The molecule has 0 aromatic rings. The Balaban J connectivity index is 1.66. The van der Waals surface area contributed by atoms with E-state index in [1.807, 2.05) is 0 Å². The first-order chi connectivity index (χ1) is 14.3. The van der Waals surface area contributed by atoms with E-state index in [9.17, 15) is 22.7 Å². The largest absolute Gasteiger partial charge is 0.481 e. The molecule has 0 aromatic carbocycles. The molecule has 3 rings (SSSR count). The Morgan fingerprint density at radius 2 is 1.40 bits per heavy atom. The molecule has 0 spiro atoms. The number of carboxylic acids is 1. The lowest BCUT2D eigenvalue weighted by Gasteiger charge is -2.37. The lowest BCUT2D eigenvalue weighted by Crippen LogP contribution is -2.46. The second-order valence-corrected chi connectivity index (χ2v) is 11.9. The molecular formula is C22H38FNO5S. The van der Waals surface area contributed by atoms with Gasteiger partial charge in [-0.15, -0.1) is 0 Å². The summed E-state index contributed by atoms with van der Waals surface area (Å²) >= 11 is 0. The minimum atomic E-state index is -3.43. The zero-order valence-corrected chi connectivity index (χ0v) is 19.0. The highest BCUT2D eigenvalue weighted by Gasteiger charge is 2.38. The Morgan fingerprint density at radius 1 is 0.900 bits per heavy atom. The van der Waals surface area contributed by atoms with E-state index in [4.69, 9.17) is 4.74 Å². The summed E-state index contributed by atoms with van der Waals surface area (Å²) in [5.41, 5.74) is 0. The first kappa shape index (κ1) is 23.9. The fraction of sp³-hybridized carbons (Fsp3) is 0.955. The third kappa shape index (κ3) is 6.16. The summed E-state index contributed by atoms with van der Waals surface area (Å²) in [6.07, 6.45) is 7.51. The van der Waals surface area contributed by atoms with Gasteiger partial charge in [0.2, 0.25) is 10.0 Å². The van der Waals surface area contributed by atoms with E-state index in [2.05, 4.69) is 0 Å². The molecule has 0 heterocycles. The number of aliphatic carboxylic acids is 1. The first-order valence-electron chi connectivity index (χ1n) is 11.7. The summed E-state index contributed by atoms with van der Waals surface area (Å²) in [6.45, 7) is 0.965. The van der Waals surface area contributed by atoms with Crippen LogP contribution in [0.4, 0.5) is 4.39 Å². The molecule has 8 heteroatoms.